The predicted octanol–water partition coefficient (Wildman–Crippen LogP) is -0.156. The minimum atomic E-state index is -0.567. The molecule has 8 heteroatoms. The van der Waals surface area contributed by atoms with Crippen LogP contribution < -0.4 is 10.1 Å². The van der Waals surface area contributed by atoms with E-state index in [0.29, 0.717) is 12.4 Å². The first-order valence-electron chi connectivity index (χ1n) is 6.01. The lowest BCUT2D eigenvalue weighted by atomic mass is 10.3. The monoisotopic (exact) mass is 283 g/mol. The number of imidazole rings is 1. The Balaban J connectivity index is 1.56. The Kier molecular flexibility index (Phi) is 5.25. The molecular weight excluding hydrogens is 266 g/mol. The van der Waals surface area contributed by atoms with Gasteiger partial charge < -0.3 is 19.7 Å². The molecule has 7 nitrogen and oxygen atoms in total. The van der Waals surface area contributed by atoms with Crippen LogP contribution in [0.4, 0.5) is 0 Å². The standard InChI is InChI=1S/C11H17N5O2S/c1-16-5-4-13-10(16)2-3-12-6-9(17)8-18-11-7-14-19-15-11/h4-5,7,9,12,17H,2-3,6,8H2,1H3. The lowest BCUT2D eigenvalue weighted by molar-refractivity contribution is 0.104. The van der Waals surface area contributed by atoms with Gasteiger partial charge in [0.05, 0.1) is 11.7 Å². The van der Waals surface area contributed by atoms with Crippen LogP contribution in [0.1, 0.15) is 5.82 Å². The molecule has 2 aromatic heterocycles. The average molecular weight is 283 g/mol. The van der Waals surface area contributed by atoms with E-state index in [2.05, 4.69) is 19.0 Å². The number of rotatable bonds is 8. The maximum atomic E-state index is 9.71. The molecule has 0 bridgehead atoms. The summed E-state index contributed by atoms with van der Waals surface area (Å²) in [6, 6.07) is 0. The Labute approximate surface area is 115 Å². The molecule has 0 fully saturated rings. The van der Waals surface area contributed by atoms with E-state index in [-0.39, 0.29) is 6.61 Å². The lowest BCUT2D eigenvalue weighted by Gasteiger charge is -2.11. The van der Waals surface area contributed by atoms with Gasteiger partial charge in [0, 0.05) is 39.0 Å². The number of aliphatic hydroxyl groups excluding tert-OH is 1. The van der Waals surface area contributed by atoms with Gasteiger partial charge in [-0.3, -0.25) is 0 Å². The predicted molar refractivity (Wildman–Crippen MR) is 71.2 cm³/mol. The number of ether oxygens (including phenoxy) is 1. The Morgan fingerprint density at radius 1 is 1.58 bits per heavy atom. The second-order valence-electron chi connectivity index (χ2n) is 4.12. The molecule has 1 unspecified atom stereocenters. The van der Waals surface area contributed by atoms with E-state index in [9.17, 15) is 5.11 Å². The zero-order valence-electron chi connectivity index (χ0n) is 10.7. The van der Waals surface area contributed by atoms with Crippen LogP contribution in [0.3, 0.4) is 0 Å². The van der Waals surface area contributed by atoms with Crippen molar-refractivity contribution in [1.82, 2.24) is 23.6 Å². The van der Waals surface area contributed by atoms with Crippen LogP contribution in [0.5, 0.6) is 5.88 Å². The topological polar surface area (TPSA) is 85.1 Å². The van der Waals surface area contributed by atoms with Crippen LogP contribution in [0.25, 0.3) is 0 Å². The quantitative estimate of drug-likeness (QED) is 0.655. The number of nitrogens with one attached hydrogen (secondary N) is 1. The Hall–Kier alpha value is -1.51. The van der Waals surface area contributed by atoms with Gasteiger partial charge in [-0.15, -0.1) is 4.37 Å². The number of aromatic nitrogens is 4. The summed E-state index contributed by atoms with van der Waals surface area (Å²) < 4.78 is 14.9. The summed E-state index contributed by atoms with van der Waals surface area (Å²) in [6.45, 7) is 1.45. The third-order valence-electron chi connectivity index (χ3n) is 2.59. The summed E-state index contributed by atoms with van der Waals surface area (Å²) in [5, 5.41) is 12.9. The van der Waals surface area contributed by atoms with Gasteiger partial charge >= 0.3 is 0 Å². The highest BCUT2D eigenvalue weighted by molar-refractivity contribution is 6.99. The smallest absolute Gasteiger partial charge is 0.245 e. The normalized spacial score (nSPS) is 12.5. The highest BCUT2D eigenvalue weighted by Crippen LogP contribution is 2.05. The van der Waals surface area contributed by atoms with Crippen LogP contribution in [-0.2, 0) is 13.5 Å². The Morgan fingerprint density at radius 3 is 3.16 bits per heavy atom. The molecule has 0 amide bonds. The van der Waals surface area contributed by atoms with Crippen LogP contribution in [-0.4, -0.2) is 49.2 Å². The number of aryl methyl sites for hydroxylation is 1. The maximum Gasteiger partial charge on any atom is 0.245 e. The fourth-order valence-electron chi connectivity index (χ4n) is 1.57. The van der Waals surface area contributed by atoms with Crippen molar-refractivity contribution in [3.05, 3.63) is 24.4 Å². The molecule has 0 aliphatic carbocycles. The molecule has 2 N–H and O–H groups in total. The average Bonchev–Trinajstić information content (AvgIpc) is 3.04. The SMILES string of the molecule is Cn1ccnc1CCNCC(O)COc1cnsn1. The van der Waals surface area contributed by atoms with E-state index in [1.807, 2.05) is 17.8 Å². The molecule has 0 aliphatic rings. The zero-order chi connectivity index (χ0) is 13.5. The molecule has 0 aliphatic heterocycles. The van der Waals surface area contributed by atoms with Gasteiger partial charge in [-0.25, -0.2) is 4.98 Å². The lowest BCUT2D eigenvalue weighted by Crippen LogP contribution is -2.32. The summed E-state index contributed by atoms with van der Waals surface area (Å²) in [5.41, 5.74) is 0. The first-order chi connectivity index (χ1) is 9.25. The van der Waals surface area contributed by atoms with Crippen molar-refractivity contribution in [1.29, 1.82) is 0 Å². The molecule has 0 saturated heterocycles. The van der Waals surface area contributed by atoms with Crippen LogP contribution >= 0.6 is 11.7 Å². The van der Waals surface area contributed by atoms with Crippen LogP contribution in [0, 0.1) is 0 Å². The zero-order valence-corrected chi connectivity index (χ0v) is 11.5. The van der Waals surface area contributed by atoms with Crippen LogP contribution in [0.15, 0.2) is 18.6 Å². The van der Waals surface area contributed by atoms with Gasteiger partial charge in [0.15, 0.2) is 0 Å². The Morgan fingerprint density at radius 2 is 2.47 bits per heavy atom. The molecular formula is C11H17N5O2S. The fraction of sp³-hybridized carbons (Fsp3) is 0.545. The minimum Gasteiger partial charge on any atom is -0.473 e. The van der Waals surface area contributed by atoms with Crippen molar-refractivity contribution < 1.29 is 9.84 Å². The van der Waals surface area contributed by atoms with E-state index in [1.165, 1.54) is 6.20 Å². The second-order valence-corrected chi connectivity index (χ2v) is 4.68. The van der Waals surface area contributed by atoms with Crippen molar-refractivity contribution >= 4 is 11.7 Å². The van der Waals surface area contributed by atoms with Crippen molar-refractivity contribution in [2.24, 2.45) is 7.05 Å². The minimum absolute atomic E-state index is 0.209. The van der Waals surface area contributed by atoms with Gasteiger partial charge in [0.1, 0.15) is 24.7 Å². The molecule has 2 rings (SSSR count). The summed E-state index contributed by atoms with van der Waals surface area (Å²) >= 11 is 1.08. The summed E-state index contributed by atoms with van der Waals surface area (Å²) in [7, 11) is 1.97. The van der Waals surface area contributed by atoms with E-state index in [1.54, 1.807) is 6.20 Å². The molecule has 0 spiro atoms. The molecule has 0 saturated carbocycles. The van der Waals surface area contributed by atoms with Crippen molar-refractivity contribution in [2.45, 2.75) is 12.5 Å². The third kappa shape index (κ3) is 4.58. The molecule has 104 valence electrons. The van der Waals surface area contributed by atoms with E-state index in [0.717, 1.165) is 30.5 Å². The second kappa shape index (κ2) is 7.17. The van der Waals surface area contributed by atoms with E-state index < -0.39 is 6.10 Å². The summed E-state index contributed by atoms with van der Waals surface area (Å²) in [6.07, 6.45) is 5.49. The molecule has 1 atom stereocenters. The first-order valence-corrected chi connectivity index (χ1v) is 6.74. The highest BCUT2D eigenvalue weighted by atomic mass is 32.1. The number of aliphatic hydroxyl groups is 1. The highest BCUT2D eigenvalue weighted by Gasteiger charge is 2.06. The molecule has 19 heavy (non-hydrogen) atoms. The van der Waals surface area contributed by atoms with Gasteiger partial charge in [-0.05, 0) is 0 Å². The molecule has 0 radical (unpaired) electrons. The number of hydrogen-bond donors (Lipinski definition) is 2. The fourth-order valence-corrected chi connectivity index (χ4v) is 1.93. The van der Waals surface area contributed by atoms with Gasteiger partial charge in [0.2, 0.25) is 5.88 Å². The largest absolute Gasteiger partial charge is 0.473 e. The number of hydrogen-bond acceptors (Lipinski definition) is 7. The van der Waals surface area contributed by atoms with Gasteiger partial charge in [0.25, 0.3) is 0 Å². The maximum absolute atomic E-state index is 9.71. The molecule has 2 heterocycles. The third-order valence-corrected chi connectivity index (χ3v) is 3.05. The Bertz CT molecular complexity index is 473. The van der Waals surface area contributed by atoms with Crippen molar-refractivity contribution in [3.63, 3.8) is 0 Å². The van der Waals surface area contributed by atoms with E-state index >= 15 is 0 Å². The first kappa shape index (κ1) is 13.9. The molecule has 2 aromatic rings. The van der Waals surface area contributed by atoms with Crippen molar-refractivity contribution in [2.75, 3.05) is 19.7 Å². The van der Waals surface area contributed by atoms with Crippen LogP contribution in [0.2, 0.25) is 0 Å². The van der Waals surface area contributed by atoms with E-state index in [4.69, 9.17) is 4.74 Å². The molecule has 0 aromatic carbocycles. The van der Waals surface area contributed by atoms with Gasteiger partial charge in [-0.2, -0.15) is 4.37 Å². The number of nitrogens with zero attached hydrogens (tertiary/aromatic N) is 4. The van der Waals surface area contributed by atoms with Gasteiger partial charge in [-0.1, -0.05) is 0 Å². The summed E-state index contributed by atoms with van der Waals surface area (Å²) in [4.78, 5) is 4.22. The van der Waals surface area contributed by atoms with Crippen molar-refractivity contribution in [3.8, 4) is 5.88 Å². The summed E-state index contributed by atoms with van der Waals surface area (Å²) in [5.74, 6) is 1.48.